The Morgan fingerprint density at radius 3 is 2.22 bits per heavy atom. The number of nitrogens with two attached hydrogens (primary N) is 1. The van der Waals surface area contributed by atoms with Crippen LogP contribution in [-0.4, -0.2) is 87.2 Å². The standard InChI is InChI=1S/C25H35N9O2/c26-23-27-15-18(16-28-23)21-29-24(33-11-13-36-14-12-33)31-25(30-21)34(19-5-6-19)20-7-9-32(10-8-20)22(35)17-3-1-2-4-17/h15-17,19-20H,1-14H2,(H2,26,27,28). The van der Waals surface area contributed by atoms with Gasteiger partial charge in [-0.2, -0.15) is 15.0 Å². The number of amides is 1. The number of hydrogen-bond acceptors (Lipinski definition) is 10. The molecule has 2 aromatic heterocycles. The number of aromatic nitrogens is 5. The Balaban J connectivity index is 1.27. The van der Waals surface area contributed by atoms with Crippen LogP contribution >= 0.6 is 0 Å². The first-order chi connectivity index (χ1) is 17.7. The molecule has 6 rings (SSSR count). The second-order valence-corrected chi connectivity index (χ2v) is 10.4. The van der Waals surface area contributed by atoms with Crippen LogP contribution in [0, 0.1) is 5.92 Å². The van der Waals surface area contributed by atoms with Crippen LogP contribution in [0.5, 0.6) is 0 Å². The zero-order chi connectivity index (χ0) is 24.5. The molecule has 0 atom stereocenters. The molecule has 36 heavy (non-hydrogen) atoms. The molecular formula is C25H35N9O2. The average Bonchev–Trinajstić information content (AvgIpc) is 3.60. The molecule has 4 heterocycles. The van der Waals surface area contributed by atoms with Gasteiger partial charge in [-0.25, -0.2) is 9.97 Å². The van der Waals surface area contributed by atoms with Gasteiger partial charge in [-0.3, -0.25) is 4.79 Å². The molecule has 2 aliphatic heterocycles. The summed E-state index contributed by atoms with van der Waals surface area (Å²) in [5, 5.41) is 0. The highest BCUT2D eigenvalue weighted by Gasteiger charge is 2.39. The highest BCUT2D eigenvalue weighted by Crippen LogP contribution is 2.36. The van der Waals surface area contributed by atoms with Crippen molar-refractivity contribution in [3.05, 3.63) is 12.4 Å². The fourth-order valence-electron chi connectivity index (χ4n) is 5.73. The van der Waals surface area contributed by atoms with Crippen LogP contribution in [0.2, 0.25) is 0 Å². The van der Waals surface area contributed by atoms with Gasteiger partial charge >= 0.3 is 0 Å². The molecule has 2 aromatic rings. The number of anilines is 3. The molecule has 4 fully saturated rings. The molecular weight excluding hydrogens is 458 g/mol. The second-order valence-electron chi connectivity index (χ2n) is 10.4. The molecule has 0 spiro atoms. The molecule has 2 N–H and O–H groups in total. The Morgan fingerprint density at radius 1 is 0.889 bits per heavy atom. The van der Waals surface area contributed by atoms with Gasteiger partial charge in [0.1, 0.15) is 0 Å². The summed E-state index contributed by atoms with van der Waals surface area (Å²) < 4.78 is 5.55. The Hall–Kier alpha value is -3.08. The van der Waals surface area contributed by atoms with Crippen molar-refractivity contribution in [3.63, 3.8) is 0 Å². The number of nitrogens with zero attached hydrogens (tertiary/aromatic N) is 8. The van der Waals surface area contributed by atoms with E-state index in [1.165, 1.54) is 12.8 Å². The molecule has 2 saturated heterocycles. The summed E-state index contributed by atoms with van der Waals surface area (Å²) in [6.07, 6.45) is 12.0. The van der Waals surface area contributed by atoms with Gasteiger partial charge in [-0.1, -0.05) is 12.8 Å². The lowest BCUT2D eigenvalue weighted by molar-refractivity contribution is -0.136. The first-order valence-electron chi connectivity index (χ1n) is 13.4. The lowest BCUT2D eigenvalue weighted by atomic mass is 10.00. The van der Waals surface area contributed by atoms with Crippen LogP contribution in [0.25, 0.3) is 11.4 Å². The minimum atomic E-state index is 0.222. The van der Waals surface area contributed by atoms with E-state index in [9.17, 15) is 4.79 Å². The molecule has 1 amide bonds. The van der Waals surface area contributed by atoms with Crippen molar-refractivity contribution in [1.29, 1.82) is 0 Å². The lowest BCUT2D eigenvalue weighted by Crippen LogP contribution is -2.49. The van der Waals surface area contributed by atoms with Crippen LogP contribution in [-0.2, 0) is 9.53 Å². The van der Waals surface area contributed by atoms with E-state index < -0.39 is 0 Å². The van der Waals surface area contributed by atoms with E-state index in [0.717, 1.165) is 70.3 Å². The number of nitrogen functional groups attached to an aromatic ring is 1. The van der Waals surface area contributed by atoms with E-state index in [-0.39, 0.29) is 11.9 Å². The topological polar surface area (TPSA) is 126 Å². The van der Waals surface area contributed by atoms with Crippen LogP contribution in [0.4, 0.5) is 17.8 Å². The maximum Gasteiger partial charge on any atom is 0.231 e. The maximum atomic E-state index is 13.0. The van der Waals surface area contributed by atoms with Gasteiger partial charge < -0.3 is 25.2 Å². The van der Waals surface area contributed by atoms with Gasteiger partial charge in [-0.05, 0) is 38.5 Å². The van der Waals surface area contributed by atoms with E-state index in [2.05, 4.69) is 24.7 Å². The van der Waals surface area contributed by atoms with Gasteiger partial charge in [0, 0.05) is 56.6 Å². The van der Waals surface area contributed by atoms with Crippen LogP contribution in [0.1, 0.15) is 51.4 Å². The smallest absolute Gasteiger partial charge is 0.231 e. The molecule has 2 saturated carbocycles. The first-order valence-corrected chi connectivity index (χ1v) is 13.4. The summed E-state index contributed by atoms with van der Waals surface area (Å²) in [6, 6.07) is 0.739. The molecule has 192 valence electrons. The number of likely N-dealkylation sites (tertiary alicyclic amines) is 1. The highest BCUT2D eigenvalue weighted by atomic mass is 16.5. The van der Waals surface area contributed by atoms with Gasteiger partial charge in [0.15, 0.2) is 5.82 Å². The maximum absolute atomic E-state index is 13.0. The molecule has 11 heteroatoms. The van der Waals surface area contributed by atoms with E-state index in [0.29, 0.717) is 48.9 Å². The minimum absolute atomic E-state index is 0.222. The third kappa shape index (κ3) is 4.93. The Bertz CT molecular complexity index is 1060. The van der Waals surface area contributed by atoms with Crippen molar-refractivity contribution in [2.75, 3.05) is 54.9 Å². The van der Waals surface area contributed by atoms with Gasteiger partial charge in [0.25, 0.3) is 0 Å². The molecule has 2 aliphatic carbocycles. The third-order valence-corrected chi connectivity index (χ3v) is 7.88. The quantitative estimate of drug-likeness (QED) is 0.637. The lowest BCUT2D eigenvalue weighted by Gasteiger charge is -2.40. The highest BCUT2D eigenvalue weighted by molar-refractivity contribution is 5.79. The SMILES string of the molecule is Nc1ncc(-c2nc(N3CCOCC3)nc(N(C3CC3)C3CCN(C(=O)C4CCCC4)CC3)n2)cn1. The Labute approximate surface area is 211 Å². The van der Waals surface area contributed by atoms with Gasteiger partial charge in [-0.15, -0.1) is 0 Å². The van der Waals surface area contributed by atoms with Crippen LogP contribution in [0.3, 0.4) is 0 Å². The van der Waals surface area contributed by atoms with E-state index in [1.807, 2.05) is 0 Å². The fourth-order valence-corrected chi connectivity index (χ4v) is 5.73. The molecule has 0 aromatic carbocycles. The molecule has 4 aliphatic rings. The number of rotatable bonds is 6. The summed E-state index contributed by atoms with van der Waals surface area (Å²) in [6.45, 7) is 4.41. The summed E-state index contributed by atoms with van der Waals surface area (Å²) >= 11 is 0. The number of hydrogen-bond donors (Lipinski definition) is 1. The zero-order valence-electron chi connectivity index (χ0n) is 20.8. The molecule has 0 unspecified atom stereocenters. The Kier molecular flexibility index (Phi) is 6.56. The number of piperidine rings is 1. The number of morpholine rings is 1. The van der Waals surface area contributed by atoms with Crippen molar-refractivity contribution in [2.24, 2.45) is 5.92 Å². The number of ether oxygens (including phenoxy) is 1. The Morgan fingerprint density at radius 2 is 1.56 bits per heavy atom. The van der Waals surface area contributed by atoms with E-state index >= 15 is 0 Å². The predicted octanol–water partition coefficient (Wildman–Crippen LogP) is 1.90. The number of carbonyl (C=O) groups excluding carboxylic acids is 1. The van der Waals surface area contributed by atoms with E-state index in [1.54, 1.807) is 12.4 Å². The zero-order valence-corrected chi connectivity index (χ0v) is 20.8. The molecule has 11 nitrogen and oxygen atoms in total. The monoisotopic (exact) mass is 493 g/mol. The largest absolute Gasteiger partial charge is 0.378 e. The predicted molar refractivity (Wildman–Crippen MR) is 135 cm³/mol. The average molecular weight is 494 g/mol. The minimum Gasteiger partial charge on any atom is -0.378 e. The normalized spacial score (nSPS) is 21.7. The third-order valence-electron chi connectivity index (χ3n) is 7.88. The summed E-state index contributed by atoms with van der Waals surface area (Å²) in [4.78, 5) is 42.6. The van der Waals surface area contributed by atoms with Crippen molar-refractivity contribution in [3.8, 4) is 11.4 Å². The summed E-state index contributed by atoms with van der Waals surface area (Å²) in [7, 11) is 0. The molecule has 0 radical (unpaired) electrons. The van der Waals surface area contributed by atoms with Crippen LogP contribution < -0.4 is 15.5 Å². The molecule has 0 bridgehead atoms. The van der Waals surface area contributed by atoms with Gasteiger partial charge in [0.2, 0.25) is 23.8 Å². The van der Waals surface area contributed by atoms with Crippen molar-refractivity contribution in [2.45, 2.75) is 63.5 Å². The van der Waals surface area contributed by atoms with Crippen molar-refractivity contribution in [1.82, 2.24) is 29.8 Å². The fraction of sp³-hybridized carbons (Fsp3) is 0.680. The number of carbonyl (C=O) groups is 1. The van der Waals surface area contributed by atoms with Crippen molar-refractivity contribution < 1.29 is 9.53 Å². The van der Waals surface area contributed by atoms with Crippen LogP contribution in [0.15, 0.2) is 12.4 Å². The van der Waals surface area contributed by atoms with E-state index in [4.69, 9.17) is 25.4 Å². The summed E-state index contributed by atoms with van der Waals surface area (Å²) in [5.41, 5.74) is 6.43. The van der Waals surface area contributed by atoms with Gasteiger partial charge in [0.05, 0.1) is 18.8 Å². The summed E-state index contributed by atoms with van der Waals surface area (Å²) in [5.74, 6) is 2.76. The first kappa shape index (κ1) is 23.3. The van der Waals surface area contributed by atoms with Crippen molar-refractivity contribution >= 4 is 23.8 Å². The second kappa shape index (κ2) is 10.1.